The van der Waals surface area contributed by atoms with E-state index in [1.807, 2.05) is 29.2 Å². The van der Waals surface area contributed by atoms with Crippen molar-refractivity contribution in [3.63, 3.8) is 0 Å². The summed E-state index contributed by atoms with van der Waals surface area (Å²) in [7, 11) is 1.66. The standard InChI is InChI=1S/C17H25NO2/c1-20-17-9-7-16(8-10-17)13-18(14-19)12-11-15-5-3-2-4-6-15/h7-10,14-15H,2-6,11-13H2,1H3. The smallest absolute Gasteiger partial charge is 0.210 e. The third-order valence-corrected chi connectivity index (χ3v) is 4.24. The molecule has 1 saturated carbocycles. The fraction of sp³-hybridized carbons (Fsp3) is 0.588. The number of hydrogen-bond acceptors (Lipinski definition) is 2. The first-order chi connectivity index (χ1) is 9.81. The predicted molar refractivity (Wildman–Crippen MR) is 80.7 cm³/mol. The van der Waals surface area contributed by atoms with Crippen molar-refractivity contribution >= 4 is 6.41 Å². The third-order valence-electron chi connectivity index (χ3n) is 4.24. The topological polar surface area (TPSA) is 29.5 Å². The van der Waals surface area contributed by atoms with Gasteiger partial charge in [0.15, 0.2) is 0 Å². The molecule has 0 aromatic heterocycles. The monoisotopic (exact) mass is 275 g/mol. The molecule has 1 aromatic rings. The van der Waals surface area contributed by atoms with Crippen molar-refractivity contribution in [2.75, 3.05) is 13.7 Å². The molecule has 3 heteroatoms. The van der Waals surface area contributed by atoms with Gasteiger partial charge in [-0.15, -0.1) is 0 Å². The van der Waals surface area contributed by atoms with Crippen molar-refractivity contribution in [2.45, 2.75) is 45.1 Å². The number of carbonyl (C=O) groups excluding carboxylic acids is 1. The maximum Gasteiger partial charge on any atom is 0.210 e. The van der Waals surface area contributed by atoms with E-state index in [4.69, 9.17) is 4.74 Å². The Balaban J connectivity index is 1.79. The van der Waals surface area contributed by atoms with Gasteiger partial charge in [-0.2, -0.15) is 0 Å². The zero-order valence-electron chi connectivity index (χ0n) is 12.4. The molecule has 2 rings (SSSR count). The normalized spacial score (nSPS) is 15.8. The number of ether oxygens (including phenoxy) is 1. The van der Waals surface area contributed by atoms with Gasteiger partial charge in [0, 0.05) is 13.1 Å². The van der Waals surface area contributed by atoms with E-state index in [9.17, 15) is 4.79 Å². The van der Waals surface area contributed by atoms with Crippen LogP contribution < -0.4 is 4.74 Å². The Morgan fingerprint density at radius 2 is 1.90 bits per heavy atom. The molecule has 1 aliphatic rings. The van der Waals surface area contributed by atoms with Gasteiger partial charge in [0.1, 0.15) is 5.75 Å². The summed E-state index contributed by atoms with van der Waals surface area (Å²) in [4.78, 5) is 13.1. The summed E-state index contributed by atoms with van der Waals surface area (Å²) < 4.78 is 5.14. The second-order valence-corrected chi connectivity index (χ2v) is 5.72. The number of rotatable bonds is 7. The quantitative estimate of drug-likeness (QED) is 0.711. The molecule has 1 aromatic carbocycles. The molecule has 0 radical (unpaired) electrons. The van der Waals surface area contributed by atoms with E-state index in [1.54, 1.807) is 7.11 Å². The fourth-order valence-corrected chi connectivity index (χ4v) is 2.96. The summed E-state index contributed by atoms with van der Waals surface area (Å²) >= 11 is 0. The lowest BCUT2D eigenvalue weighted by Crippen LogP contribution is -2.25. The van der Waals surface area contributed by atoms with Crippen molar-refractivity contribution < 1.29 is 9.53 Å². The Morgan fingerprint density at radius 1 is 1.20 bits per heavy atom. The molecule has 0 aliphatic heterocycles. The fourth-order valence-electron chi connectivity index (χ4n) is 2.96. The Bertz CT molecular complexity index is 396. The zero-order valence-corrected chi connectivity index (χ0v) is 12.4. The van der Waals surface area contributed by atoms with Crippen LogP contribution in [0.1, 0.15) is 44.1 Å². The molecule has 0 unspecified atom stereocenters. The molecule has 0 N–H and O–H groups in total. The number of hydrogen-bond donors (Lipinski definition) is 0. The van der Waals surface area contributed by atoms with Gasteiger partial charge >= 0.3 is 0 Å². The minimum Gasteiger partial charge on any atom is -0.497 e. The summed E-state index contributed by atoms with van der Waals surface area (Å²) in [6.45, 7) is 1.57. The van der Waals surface area contributed by atoms with E-state index >= 15 is 0 Å². The number of methoxy groups -OCH3 is 1. The van der Waals surface area contributed by atoms with Gasteiger partial charge in [-0.3, -0.25) is 4.79 Å². The Morgan fingerprint density at radius 3 is 2.50 bits per heavy atom. The second-order valence-electron chi connectivity index (χ2n) is 5.72. The first-order valence-electron chi connectivity index (χ1n) is 7.64. The van der Waals surface area contributed by atoms with Crippen molar-refractivity contribution in [1.82, 2.24) is 4.90 Å². The predicted octanol–water partition coefficient (Wildman–Crippen LogP) is 3.62. The van der Waals surface area contributed by atoms with Gasteiger partial charge in [-0.05, 0) is 30.0 Å². The molecule has 0 atom stereocenters. The summed E-state index contributed by atoms with van der Waals surface area (Å²) in [6.07, 6.45) is 8.93. The molecular formula is C17H25NO2. The van der Waals surface area contributed by atoms with Crippen LogP contribution in [0.4, 0.5) is 0 Å². The largest absolute Gasteiger partial charge is 0.497 e. The molecule has 1 amide bonds. The number of amides is 1. The molecule has 0 saturated heterocycles. The lowest BCUT2D eigenvalue weighted by atomic mass is 9.87. The molecular weight excluding hydrogens is 250 g/mol. The van der Waals surface area contributed by atoms with Crippen molar-refractivity contribution in [2.24, 2.45) is 5.92 Å². The number of carbonyl (C=O) groups is 1. The molecule has 1 aliphatic carbocycles. The Labute approximate surface area is 121 Å². The van der Waals surface area contributed by atoms with Crippen molar-refractivity contribution in [3.05, 3.63) is 29.8 Å². The summed E-state index contributed by atoms with van der Waals surface area (Å²) in [5.74, 6) is 1.68. The highest BCUT2D eigenvalue weighted by Gasteiger charge is 2.14. The van der Waals surface area contributed by atoms with Gasteiger partial charge in [0.25, 0.3) is 0 Å². The minimum absolute atomic E-state index is 0.695. The highest BCUT2D eigenvalue weighted by Crippen LogP contribution is 2.26. The lowest BCUT2D eigenvalue weighted by molar-refractivity contribution is -0.118. The number of nitrogens with zero attached hydrogens (tertiary/aromatic N) is 1. The van der Waals surface area contributed by atoms with Gasteiger partial charge in [-0.25, -0.2) is 0 Å². The van der Waals surface area contributed by atoms with Crippen LogP contribution in [-0.2, 0) is 11.3 Å². The molecule has 0 bridgehead atoms. The van der Waals surface area contributed by atoms with Crippen molar-refractivity contribution in [3.8, 4) is 5.75 Å². The molecule has 0 heterocycles. The summed E-state index contributed by atoms with van der Waals surface area (Å²) in [5, 5.41) is 0. The van der Waals surface area contributed by atoms with Gasteiger partial charge in [0.05, 0.1) is 7.11 Å². The first kappa shape index (κ1) is 14.9. The second kappa shape index (κ2) is 7.93. The highest BCUT2D eigenvalue weighted by atomic mass is 16.5. The third kappa shape index (κ3) is 4.55. The minimum atomic E-state index is 0.695. The molecule has 20 heavy (non-hydrogen) atoms. The maximum atomic E-state index is 11.2. The van der Waals surface area contributed by atoms with Gasteiger partial charge < -0.3 is 9.64 Å². The maximum absolute atomic E-state index is 11.2. The zero-order chi connectivity index (χ0) is 14.2. The first-order valence-corrected chi connectivity index (χ1v) is 7.64. The van der Waals surface area contributed by atoms with E-state index in [0.29, 0.717) is 6.54 Å². The van der Waals surface area contributed by atoms with Gasteiger partial charge in [0.2, 0.25) is 6.41 Å². The van der Waals surface area contributed by atoms with E-state index in [-0.39, 0.29) is 0 Å². The van der Waals surface area contributed by atoms with E-state index < -0.39 is 0 Å². The van der Waals surface area contributed by atoms with Gasteiger partial charge in [-0.1, -0.05) is 44.2 Å². The highest BCUT2D eigenvalue weighted by molar-refractivity contribution is 5.47. The number of benzene rings is 1. The average molecular weight is 275 g/mol. The van der Waals surface area contributed by atoms with Crippen LogP contribution in [0.5, 0.6) is 5.75 Å². The average Bonchev–Trinajstić information content (AvgIpc) is 2.53. The van der Waals surface area contributed by atoms with E-state index in [1.165, 1.54) is 32.1 Å². The molecule has 1 fully saturated rings. The van der Waals surface area contributed by atoms with Crippen LogP contribution in [0.2, 0.25) is 0 Å². The molecule has 110 valence electrons. The van der Waals surface area contributed by atoms with E-state index in [2.05, 4.69) is 0 Å². The van der Waals surface area contributed by atoms with Crippen LogP contribution >= 0.6 is 0 Å². The lowest BCUT2D eigenvalue weighted by Gasteiger charge is -2.24. The van der Waals surface area contributed by atoms with Crippen LogP contribution in [0.3, 0.4) is 0 Å². The van der Waals surface area contributed by atoms with E-state index in [0.717, 1.165) is 36.6 Å². The molecule has 3 nitrogen and oxygen atoms in total. The Kier molecular flexibility index (Phi) is 5.90. The van der Waals surface area contributed by atoms with Crippen LogP contribution in [0, 0.1) is 5.92 Å². The SMILES string of the molecule is COc1ccc(CN(C=O)CCC2CCCCC2)cc1. The van der Waals surface area contributed by atoms with Crippen LogP contribution in [0.15, 0.2) is 24.3 Å². The van der Waals surface area contributed by atoms with Crippen LogP contribution in [-0.4, -0.2) is 25.0 Å². The van der Waals surface area contributed by atoms with Crippen molar-refractivity contribution in [1.29, 1.82) is 0 Å². The molecule has 0 spiro atoms. The van der Waals surface area contributed by atoms with Crippen LogP contribution in [0.25, 0.3) is 0 Å². The summed E-state index contributed by atoms with van der Waals surface area (Å²) in [6, 6.07) is 7.94. The summed E-state index contributed by atoms with van der Waals surface area (Å²) in [5.41, 5.74) is 1.15. The Hall–Kier alpha value is -1.51.